The summed E-state index contributed by atoms with van der Waals surface area (Å²) in [5.74, 6) is 0.0487. The van der Waals surface area contributed by atoms with Crippen molar-refractivity contribution in [2.75, 3.05) is 65.6 Å². The average molecular weight is 557 g/mol. The van der Waals surface area contributed by atoms with Gasteiger partial charge in [-0.2, -0.15) is 0 Å². The summed E-state index contributed by atoms with van der Waals surface area (Å²) in [6, 6.07) is 0. The predicted molar refractivity (Wildman–Crippen MR) is 163 cm³/mol. The molecule has 8 heteroatoms. The zero-order valence-electron chi connectivity index (χ0n) is 27.2. The lowest BCUT2D eigenvalue weighted by atomic mass is 9.73. The van der Waals surface area contributed by atoms with Crippen molar-refractivity contribution in [3.05, 3.63) is 0 Å². The van der Waals surface area contributed by atoms with E-state index < -0.39 is 0 Å². The maximum atomic E-state index is 12.7. The highest BCUT2D eigenvalue weighted by molar-refractivity contribution is 5.76. The number of nitrogens with one attached hydrogen (secondary N) is 2. The number of aliphatic hydroxyl groups is 2. The molecule has 0 radical (unpaired) electrons. The largest absolute Gasteiger partial charge is 0.395 e. The average Bonchev–Trinajstić information content (AvgIpc) is 2.79. The van der Waals surface area contributed by atoms with Crippen molar-refractivity contribution < 1.29 is 19.8 Å². The molecular formula is C31H64N4O4. The van der Waals surface area contributed by atoms with Crippen LogP contribution in [0.2, 0.25) is 0 Å². The van der Waals surface area contributed by atoms with Gasteiger partial charge in [0, 0.05) is 65.2 Å². The molecule has 2 amide bonds. The number of hydrogen-bond acceptors (Lipinski definition) is 6. The quantitative estimate of drug-likeness (QED) is 0.171. The summed E-state index contributed by atoms with van der Waals surface area (Å²) in [5, 5.41) is 24.9. The SMILES string of the molecule is CCC(C)(C)CC(C)(C)CNC(=O)CCN(CCC(=O)NCC(C)(C)CC(C)(C)C)CCN(CCO)CCO. The Hall–Kier alpha value is -1.22. The fourth-order valence-electron chi connectivity index (χ4n) is 5.59. The van der Waals surface area contributed by atoms with E-state index in [0.29, 0.717) is 65.2 Å². The summed E-state index contributed by atoms with van der Waals surface area (Å²) in [6.07, 6.45) is 3.89. The Labute approximate surface area is 240 Å². The summed E-state index contributed by atoms with van der Waals surface area (Å²) in [5.41, 5.74) is 0.467. The third-order valence-electron chi connectivity index (χ3n) is 7.33. The van der Waals surface area contributed by atoms with Gasteiger partial charge in [0.05, 0.1) is 13.2 Å². The second-order valence-corrected chi connectivity index (χ2v) is 14.9. The van der Waals surface area contributed by atoms with Crippen molar-refractivity contribution in [1.82, 2.24) is 20.4 Å². The second-order valence-electron chi connectivity index (χ2n) is 14.9. The van der Waals surface area contributed by atoms with Crippen LogP contribution in [0.25, 0.3) is 0 Å². The first-order chi connectivity index (χ1) is 17.8. The van der Waals surface area contributed by atoms with Crippen LogP contribution < -0.4 is 10.6 Å². The summed E-state index contributed by atoms with van der Waals surface area (Å²) in [7, 11) is 0. The number of carbonyl (C=O) groups excluding carboxylic acids is 2. The fraction of sp³-hybridized carbons (Fsp3) is 0.935. The summed E-state index contributed by atoms with van der Waals surface area (Å²) >= 11 is 0. The van der Waals surface area contributed by atoms with E-state index in [1.807, 2.05) is 4.90 Å². The third kappa shape index (κ3) is 20.3. The molecule has 0 spiro atoms. The van der Waals surface area contributed by atoms with Gasteiger partial charge in [-0.1, -0.05) is 75.7 Å². The van der Waals surface area contributed by atoms with Crippen LogP contribution >= 0.6 is 0 Å². The van der Waals surface area contributed by atoms with E-state index in [4.69, 9.17) is 0 Å². The van der Waals surface area contributed by atoms with Crippen molar-refractivity contribution >= 4 is 11.8 Å². The number of nitrogens with zero attached hydrogens (tertiary/aromatic N) is 2. The molecule has 0 aromatic heterocycles. The van der Waals surface area contributed by atoms with Gasteiger partial charge in [0.25, 0.3) is 0 Å². The van der Waals surface area contributed by atoms with Gasteiger partial charge in [-0.25, -0.2) is 0 Å². The van der Waals surface area contributed by atoms with E-state index >= 15 is 0 Å². The molecule has 0 saturated heterocycles. The molecule has 8 nitrogen and oxygen atoms in total. The highest BCUT2D eigenvalue weighted by Gasteiger charge is 2.28. The minimum absolute atomic E-state index is 0.0148. The van der Waals surface area contributed by atoms with Crippen LogP contribution in [0.1, 0.15) is 101 Å². The highest BCUT2D eigenvalue weighted by Crippen LogP contribution is 2.35. The van der Waals surface area contributed by atoms with Crippen molar-refractivity contribution in [3.8, 4) is 0 Å². The zero-order chi connectivity index (χ0) is 30.3. The van der Waals surface area contributed by atoms with Gasteiger partial charge in [0.2, 0.25) is 11.8 Å². The molecule has 0 rings (SSSR count). The number of aliphatic hydroxyl groups excluding tert-OH is 2. The van der Waals surface area contributed by atoms with Crippen LogP contribution in [0.3, 0.4) is 0 Å². The maximum absolute atomic E-state index is 12.7. The van der Waals surface area contributed by atoms with Gasteiger partial charge in [-0.05, 0) is 34.5 Å². The topological polar surface area (TPSA) is 105 Å². The molecular weight excluding hydrogens is 492 g/mol. The molecule has 0 aromatic carbocycles. The molecule has 0 aliphatic rings. The third-order valence-corrected chi connectivity index (χ3v) is 7.33. The minimum atomic E-state index is 0.0148. The van der Waals surface area contributed by atoms with Gasteiger partial charge < -0.3 is 25.7 Å². The maximum Gasteiger partial charge on any atom is 0.221 e. The Morgan fingerprint density at radius 1 is 0.590 bits per heavy atom. The number of hydrogen-bond donors (Lipinski definition) is 4. The summed E-state index contributed by atoms with van der Waals surface area (Å²) in [4.78, 5) is 29.6. The first-order valence-electron chi connectivity index (χ1n) is 15.0. The fourth-order valence-corrected chi connectivity index (χ4v) is 5.59. The van der Waals surface area contributed by atoms with E-state index in [1.165, 1.54) is 0 Å². The van der Waals surface area contributed by atoms with Gasteiger partial charge in [0.1, 0.15) is 0 Å². The van der Waals surface area contributed by atoms with E-state index in [0.717, 1.165) is 19.3 Å². The van der Waals surface area contributed by atoms with E-state index in [1.54, 1.807) is 0 Å². The Bertz CT molecular complexity index is 695. The van der Waals surface area contributed by atoms with Crippen LogP contribution in [0, 0.1) is 21.7 Å². The molecule has 0 fully saturated rings. The number of amides is 2. The van der Waals surface area contributed by atoms with Crippen LogP contribution in [-0.2, 0) is 9.59 Å². The van der Waals surface area contributed by atoms with Crippen molar-refractivity contribution in [3.63, 3.8) is 0 Å². The van der Waals surface area contributed by atoms with Gasteiger partial charge in [-0.15, -0.1) is 0 Å². The zero-order valence-corrected chi connectivity index (χ0v) is 27.2. The lowest BCUT2D eigenvalue weighted by molar-refractivity contribution is -0.122. The summed E-state index contributed by atoms with van der Waals surface area (Å²) in [6.45, 7) is 26.9. The van der Waals surface area contributed by atoms with Crippen LogP contribution in [0.4, 0.5) is 0 Å². The van der Waals surface area contributed by atoms with Crippen LogP contribution in [0.5, 0.6) is 0 Å². The standard InChI is InChI=1S/C31H64N4O4/c1-11-29(5,6)23-31(9,10)25-33-27(39)13-15-34(16-17-35(18-20-36)19-21-37)14-12-26(38)32-24-30(7,8)22-28(2,3)4/h36-37H,11-25H2,1-10H3,(H,32,38)(H,33,39). The molecule has 232 valence electrons. The number of rotatable bonds is 21. The lowest BCUT2D eigenvalue weighted by Gasteiger charge is -2.34. The molecule has 39 heavy (non-hydrogen) atoms. The van der Waals surface area contributed by atoms with Gasteiger partial charge in [0.15, 0.2) is 0 Å². The minimum Gasteiger partial charge on any atom is -0.395 e. The van der Waals surface area contributed by atoms with Crippen molar-refractivity contribution in [1.29, 1.82) is 0 Å². The van der Waals surface area contributed by atoms with Crippen molar-refractivity contribution in [2.24, 2.45) is 21.7 Å². The normalized spacial score (nSPS) is 13.3. The molecule has 0 aliphatic heterocycles. The van der Waals surface area contributed by atoms with E-state index in [-0.39, 0.29) is 46.7 Å². The highest BCUT2D eigenvalue weighted by atomic mass is 16.3. The number of carbonyl (C=O) groups is 2. The first kappa shape index (κ1) is 37.8. The Kier molecular flexibility index (Phi) is 17.0. The first-order valence-corrected chi connectivity index (χ1v) is 15.0. The Balaban J connectivity index is 4.98. The van der Waals surface area contributed by atoms with Crippen LogP contribution in [0.15, 0.2) is 0 Å². The molecule has 0 atom stereocenters. The lowest BCUT2D eigenvalue weighted by Crippen LogP contribution is -2.42. The van der Waals surface area contributed by atoms with Gasteiger partial charge >= 0.3 is 0 Å². The monoisotopic (exact) mass is 556 g/mol. The molecule has 0 saturated carbocycles. The summed E-state index contributed by atoms with van der Waals surface area (Å²) < 4.78 is 0. The predicted octanol–water partition coefficient (Wildman–Crippen LogP) is 3.90. The van der Waals surface area contributed by atoms with E-state index in [2.05, 4.69) is 84.8 Å². The molecule has 4 N–H and O–H groups in total. The van der Waals surface area contributed by atoms with E-state index in [9.17, 15) is 19.8 Å². The smallest absolute Gasteiger partial charge is 0.221 e. The van der Waals surface area contributed by atoms with Gasteiger partial charge in [-0.3, -0.25) is 14.5 Å². The second kappa shape index (κ2) is 17.6. The van der Waals surface area contributed by atoms with Crippen LogP contribution in [-0.4, -0.2) is 97.4 Å². The molecule has 0 aliphatic carbocycles. The Morgan fingerprint density at radius 3 is 1.33 bits per heavy atom. The Morgan fingerprint density at radius 2 is 0.974 bits per heavy atom. The molecule has 0 bridgehead atoms. The molecule has 0 aromatic rings. The molecule has 0 unspecified atom stereocenters. The van der Waals surface area contributed by atoms with Crippen molar-refractivity contribution in [2.45, 2.75) is 101 Å². The molecule has 0 heterocycles.